The van der Waals surface area contributed by atoms with Gasteiger partial charge in [0.1, 0.15) is 5.69 Å². The first-order chi connectivity index (χ1) is 15.9. The molecule has 6 nitrogen and oxygen atoms in total. The van der Waals surface area contributed by atoms with E-state index in [1.807, 2.05) is 30.3 Å². The fourth-order valence-corrected chi connectivity index (χ4v) is 4.41. The maximum Gasteiger partial charge on any atom is 0.449 e. The summed E-state index contributed by atoms with van der Waals surface area (Å²) in [5.41, 5.74) is 2.84. The summed E-state index contributed by atoms with van der Waals surface area (Å²) in [5, 5.41) is 7.05. The molecule has 0 saturated carbocycles. The Kier molecular flexibility index (Phi) is 5.39. The van der Waals surface area contributed by atoms with Crippen LogP contribution in [0.4, 0.5) is 13.2 Å². The molecular weight excluding hydrogens is 431 g/mol. The second-order valence-corrected chi connectivity index (χ2v) is 8.30. The van der Waals surface area contributed by atoms with Crippen LogP contribution in [0.15, 0.2) is 60.7 Å². The molecular formula is C24H22F3N5O. The summed E-state index contributed by atoms with van der Waals surface area (Å²) in [4.78, 5) is 18.5. The summed E-state index contributed by atoms with van der Waals surface area (Å²) in [6.45, 7) is 1.19. The predicted molar refractivity (Wildman–Crippen MR) is 117 cm³/mol. The van der Waals surface area contributed by atoms with Crippen LogP contribution in [-0.2, 0) is 12.7 Å². The Morgan fingerprint density at radius 3 is 2.45 bits per heavy atom. The topological polar surface area (TPSA) is 66.8 Å². The number of H-pyrrole nitrogens is 1. The Bertz CT molecular complexity index is 1270. The van der Waals surface area contributed by atoms with Crippen LogP contribution in [0.3, 0.4) is 0 Å². The van der Waals surface area contributed by atoms with Crippen molar-refractivity contribution in [1.82, 2.24) is 24.6 Å². The first-order valence-corrected chi connectivity index (χ1v) is 10.8. The molecule has 1 amide bonds. The zero-order valence-corrected chi connectivity index (χ0v) is 17.7. The van der Waals surface area contributed by atoms with E-state index in [0.717, 1.165) is 5.56 Å². The van der Waals surface area contributed by atoms with Crippen LogP contribution in [0.5, 0.6) is 0 Å². The van der Waals surface area contributed by atoms with E-state index in [0.29, 0.717) is 48.4 Å². The molecule has 3 heterocycles. The number of benzene rings is 2. The fourth-order valence-electron chi connectivity index (χ4n) is 4.41. The molecule has 4 aromatic rings. The second kappa shape index (κ2) is 8.38. The van der Waals surface area contributed by atoms with Gasteiger partial charge in [-0.3, -0.25) is 9.89 Å². The summed E-state index contributed by atoms with van der Waals surface area (Å²) in [6, 6.07) is 18.0. The molecule has 2 aromatic heterocycles. The average molecular weight is 453 g/mol. The Labute approximate surface area is 188 Å². The standard InChI is InChI=1S/C24H22F3N5O/c25-24(26,27)23-28-18-8-4-5-9-21(18)32(23)15-16-10-12-31(13-11-16)22(33)20-14-19(29-30-20)17-6-2-1-3-7-17/h1-9,14,16H,10-13,15H2,(H,29,30). The van der Waals surface area contributed by atoms with Gasteiger partial charge >= 0.3 is 6.18 Å². The van der Waals surface area contributed by atoms with Crippen LogP contribution >= 0.6 is 0 Å². The number of halogens is 3. The molecule has 0 aliphatic carbocycles. The van der Waals surface area contributed by atoms with Crippen LogP contribution < -0.4 is 0 Å². The predicted octanol–water partition coefficient (Wildman–Crippen LogP) is 5.00. The van der Waals surface area contributed by atoms with Gasteiger partial charge in [0, 0.05) is 25.2 Å². The molecule has 0 unspecified atom stereocenters. The largest absolute Gasteiger partial charge is 0.449 e. The van der Waals surface area contributed by atoms with E-state index in [2.05, 4.69) is 15.2 Å². The summed E-state index contributed by atoms with van der Waals surface area (Å²) in [7, 11) is 0. The van der Waals surface area contributed by atoms with E-state index in [1.54, 1.807) is 35.2 Å². The number of aromatic nitrogens is 4. The molecule has 1 fully saturated rings. The minimum absolute atomic E-state index is 0.0226. The Morgan fingerprint density at radius 2 is 1.73 bits per heavy atom. The van der Waals surface area contributed by atoms with E-state index in [-0.39, 0.29) is 18.4 Å². The van der Waals surface area contributed by atoms with Crippen LogP contribution in [0.2, 0.25) is 0 Å². The van der Waals surface area contributed by atoms with Gasteiger partial charge in [0.15, 0.2) is 0 Å². The smallest absolute Gasteiger partial charge is 0.337 e. The summed E-state index contributed by atoms with van der Waals surface area (Å²) in [6.07, 6.45) is -3.28. The Balaban J connectivity index is 1.27. The van der Waals surface area contributed by atoms with Crippen molar-refractivity contribution in [3.05, 3.63) is 72.2 Å². The number of nitrogens with zero attached hydrogens (tertiary/aromatic N) is 4. The van der Waals surface area contributed by atoms with Crippen molar-refractivity contribution in [3.8, 4) is 11.3 Å². The molecule has 0 spiro atoms. The molecule has 170 valence electrons. The minimum atomic E-state index is -4.52. The molecule has 0 radical (unpaired) electrons. The van der Waals surface area contributed by atoms with Crippen molar-refractivity contribution in [1.29, 1.82) is 0 Å². The van der Waals surface area contributed by atoms with E-state index in [4.69, 9.17) is 0 Å². The zero-order chi connectivity index (χ0) is 23.0. The van der Waals surface area contributed by atoms with E-state index in [1.165, 1.54) is 4.57 Å². The fraction of sp³-hybridized carbons (Fsp3) is 0.292. The number of rotatable bonds is 4. The van der Waals surface area contributed by atoms with Crippen LogP contribution in [0, 0.1) is 5.92 Å². The van der Waals surface area contributed by atoms with Crippen LogP contribution in [-0.4, -0.2) is 43.6 Å². The number of fused-ring (bicyclic) bond motifs is 1. The third kappa shape index (κ3) is 4.22. The van der Waals surface area contributed by atoms with Crippen molar-refractivity contribution in [3.63, 3.8) is 0 Å². The van der Waals surface area contributed by atoms with Crippen molar-refractivity contribution in [2.75, 3.05) is 13.1 Å². The number of aromatic amines is 1. The quantitative estimate of drug-likeness (QED) is 0.473. The second-order valence-electron chi connectivity index (χ2n) is 8.30. The highest BCUT2D eigenvalue weighted by molar-refractivity contribution is 5.93. The number of likely N-dealkylation sites (tertiary alicyclic amines) is 1. The van der Waals surface area contributed by atoms with Crippen molar-refractivity contribution in [2.45, 2.75) is 25.6 Å². The maximum absolute atomic E-state index is 13.6. The van der Waals surface area contributed by atoms with Crippen molar-refractivity contribution in [2.24, 2.45) is 5.92 Å². The van der Waals surface area contributed by atoms with Gasteiger partial charge in [-0.25, -0.2) is 4.98 Å². The van der Waals surface area contributed by atoms with E-state index < -0.39 is 12.0 Å². The van der Waals surface area contributed by atoms with Gasteiger partial charge in [-0.2, -0.15) is 18.3 Å². The number of alkyl halides is 3. The normalized spacial score (nSPS) is 15.3. The molecule has 1 aliphatic rings. The van der Waals surface area contributed by atoms with Gasteiger partial charge in [-0.1, -0.05) is 42.5 Å². The number of carbonyl (C=O) groups excluding carboxylic acids is 1. The Hall–Kier alpha value is -3.62. The SMILES string of the molecule is O=C(c1cc(-c2ccccc2)n[nH]1)N1CCC(Cn2c(C(F)(F)F)nc3ccccc32)CC1. The number of carbonyl (C=O) groups is 1. The van der Waals surface area contributed by atoms with Crippen LogP contribution in [0.1, 0.15) is 29.2 Å². The molecule has 1 aliphatic heterocycles. The number of nitrogens with one attached hydrogen (secondary N) is 1. The molecule has 5 rings (SSSR count). The lowest BCUT2D eigenvalue weighted by Crippen LogP contribution is -2.39. The summed E-state index contributed by atoms with van der Waals surface area (Å²) < 4.78 is 42.0. The van der Waals surface area contributed by atoms with Gasteiger partial charge in [0.05, 0.1) is 16.7 Å². The number of hydrogen-bond donors (Lipinski definition) is 1. The first kappa shape index (κ1) is 21.2. The van der Waals surface area contributed by atoms with Crippen molar-refractivity contribution >= 4 is 16.9 Å². The monoisotopic (exact) mass is 453 g/mol. The maximum atomic E-state index is 13.6. The first-order valence-electron chi connectivity index (χ1n) is 10.8. The highest BCUT2D eigenvalue weighted by Crippen LogP contribution is 2.33. The van der Waals surface area contributed by atoms with Gasteiger partial charge < -0.3 is 9.47 Å². The third-order valence-corrected chi connectivity index (χ3v) is 6.13. The molecule has 2 aromatic carbocycles. The van der Waals surface area contributed by atoms with Gasteiger partial charge in [-0.05, 0) is 37.0 Å². The van der Waals surface area contributed by atoms with Crippen molar-refractivity contribution < 1.29 is 18.0 Å². The zero-order valence-electron chi connectivity index (χ0n) is 17.7. The number of piperidine rings is 1. The lowest BCUT2D eigenvalue weighted by atomic mass is 9.96. The summed E-state index contributed by atoms with van der Waals surface area (Å²) in [5.74, 6) is -0.991. The molecule has 1 saturated heterocycles. The number of hydrogen-bond acceptors (Lipinski definition) is 3. The lowest BCUT2D eigenvalue weighted by Gasteiger charge is -2.32. The van der Waals surface area contributed by atoms with E-state index >= 15 is 0 Å². The van der Waals surface area contributed by atoms with Gasteiger partial charge in [-0.15, -0.1) is 0 Å². The Morgan fingerprint density at radius 1 is 1.03 bits per heavy atom. The third-order valence-electron chi connectivity index (χ3n) is 6.13. The van der Waals surface area contributed by atoms with Gasteiger partial charge in [0.25, 0.3) is 5.91 Å². The molecule has 33 heavy (non-hydrogen) atoms. The number of para-hydroxylation sites is 2. The molecule has 1 N–H and O–H groups in total. The number of amides is 1. The van der Waals surface area contributed by atoms with Gasteiger partial charge in [0.2, 0.25) is 5.82 Å². The number of imidazole rings is 1. The minimum Gasteiger partial charge on any atom is -0.337 e. The van der Waals surface area contributed by atoms with E-state index in [9.17, 15) is 18.0 Å². The lowest BCUT2D eigenvalue weighted by molar-refractivity contribution is -0.147. The molecule has 0 bridgehead atoms. The molecule has 0 atom stereocenters. The highest BCUT2D eigenvalue weighted by Gasteiger charge is 2.38. The highest BCUT2D eigenvalue weighted by atomic mass is 19.4. The average Bonchev–Trinajstić information content (AvgIpc) is 3.46. The summed E-state index contributed by atoms with van der Waals surface area (Å²) >= 11 is 0. The molecule has 9 heteroatoms. The van der Waals surface area contributed by atoms with Crippen LogP contribution in [0.25, 0.3) is 22.3 Å².